The van der Waals surface area contributed by atoms with Gasteiger partial charge in [0.1, 0.15) is 24.9 Å². The molecule has 14 atom stereocenters. The average molecular weight is 553 g/mol. The number of aliphatic hydroxyl groups excluding tert-OH is 4. The third kappa shape index (κ3) is 3.79. The van der Waals surface area contributed by atoms with Crippen LogP contribution in [-0.2, 0) is 19.0 Å². The van der Waals surface area contributed by atoms with E-state index < -0.39 is 64.9 Å². The van der Waals surface area contributed by atoms with Crippen molar-refractivity contribution in [1.29, 1.82) is 0 Å². The van der Waals surface area contributed by atoms with Gasteiger partial charge in [0, 0.05) is 17.9 Å². The van der Waals surface area contributed by atoms with Crippen molar-refractivity contribution in [2.75, 3.05) is 6.61 Å². The van der Waals surface area contributed by atoms with Crippen LogP contribution in [0.2, 0.25) is 0 Å². The zero-order chi connectivity index (χ0) is 28.1. The Morgan fingerprint density at radius 2 is 1.69 bits per heavy atom. The van der Waals surface area contributed by atoms with Crippen LogP contribution in [0, 0.1) is 28.6 Å². The van der Waals surface area contributed by atoms with Gasteiger partial charge in [0.25, 0.3) is 0 Å². The molecule has 0 amide bonds. The maximum atomic E-state index is 12.4. The second kappa shape index (κ2) is 9.19. The first-order valence-electron chi connectivity index (χ1n) is 14.6. The maximum absolute atomic E-state index is 12.4. The Balaban J connectivity index is 1.22. The Hall–Kier alpha value is -1.11. The lowest BCUT2D eigenvalue weighted by Gasteiger charge is -2.67. The van der Waals surface area contributed by atoms with Crippen molar-refractivity contribution in [2.45, 2.75) is 126 Å². The van der Waals surface area contributed by atoms with E-state index in [1.54, 1.807) is 6.92 Å². The molecule has 6 aliphatic rings. The van der Waals surface area contributed by atoms with Gasteiger partial charge in [0.05, 0.1) is 29.5 Å². The molecular weight excluding hydrogens is 508 g/mol. The molecule has 10 heteroatoms. The van der Waals surface area contributed by atoms with Crippen LogP contribution in [0.3, 0.4) is 0 Å². The van der Waals surface area contributed by atoms with E-state index >= 15 is 0 Å². The topological polar surface area (TPSA) is 166 Å². The molecule has 0 aromatic carbocycles. The average Bonchev–Trinajstić information content (AvgIpc) is 3.43. The highest BCUT2D eigenvalue weighted by atomic mass is 16.7. The fourth-order valence-electron chi connectivity index (χ4n) is 9.78. The lowest BCUT2D eigenvalue weighted by molar-refractivity contribution is -0.321. The summed E-state index contributed by atoms with van der Waals surface area (Å²) in [5.41, 5.74) is -2.75. The van der Waals surface area contributed by atoms with Gasteiger partial charge in [-0.25, -0.2) is 4.79 Å². The molecule has 6 rings (SSSR count). The lowest BCUT2D eigenvalue weighted by Crippen LogP contribution is -2.70. The molecule has 4 aliphatic carbocycles. The summed E-state index contributed by atoms with van der Waals surface area (Å²) < 4.78 is 16.9. The number of ether oxygens (including phenoxy) is 3. The largest absolute Gasteiger partial charge is 0.458 e. The minimum absolute atomic E-state index is 0.0988. The van der Waals surface area contributed by atoms with E-state index in [4.69, 9.17) is 14.2 Å². The number of cyclic esters (lactones) is 1. The van der Waals surface area contributed by atoms with Crippen LogP contribution < -0.4 is 0 Å². The number of esters is 1. The molecule has 0 aromatic rings. The predicted octanol–water partition coefficient (Wildman–Crippen LogP) is 0.542. The number of rotatable bonds is 3. The Bertz CT molecular complexity index is 1030. The molecule has 10 nitrogen and oxygen atoms in total. The third-order valence-corrected chi connectivity index (χ3v) is 12.3. The first kappa shape index (κ1) is 28.0. The first-order chi connectivity index (χ1) is 18.2. The number of hydrogen-bond donors (Lipinski definition) is 6. The van der Waals surface area contributed by atoms with E-state index in [0.717, 1.165) is 5.57 Å². The van der Waals surface area contributed by atoms with Crippen molar-refractivity contribution in [3.8, 4) is 0 Å². The normalized spacial score (nSPS) is 57.3. The van der Waals surface area contributed by atoms with E-state index in [1.165, 1.54) is 6.08 Å². The van der Waals surface area contributed by atoms with Crippen molar-refractivity contribution in [3.63, 3.8) is 0 Å². The Morgan fingerprint density at radius 1 is 0.949 bits per heavy atom. The molecule has 220 valence electrons. The molecule has 0 bridgehead atoms. The van der Waals surface area contributed by atoms with Crippen LogP contribution in [0.25, 0.3) is 0 Å². The quantitative estimate of drug-likeness (QED) is 0.215. The van der Waals surface area contributed by atoms with Gasteiger partial charge in [-0.3, -0.25) is 0 Å². The van der Waals surface area contributed by atoms with Crippen LogP contribution in [0.1, 0.15) is 72.1 Å². The molecule has 0 spiro atoms. The summed E-state index contributed by atoms with van der Waals surface area (Å²) in [4.78, 5) is 11.8. The summed E-state index contributed by atoms with van der Waals surface area (Å²) in [5, 5.41) is 66.8. The monoisotopic (exact) mass is 552 g/mol. The molecule has 39 heavy (non-hydrogen) atoms. The van der Waals surface area contributed by atoms with Gasteiger partial charge in [-0.15, -0.1) is 0 Å². The highest BCUT2D eigenvalue weighted by Crippen LogP contribution is 2.70. The van der Waals surface area contributed by atoms with Gasteiger partial charge in [-0.2, -0.15) is 0 Å². The van der Waals surface area contributed by atoms with Gasteiger partial charge in [0.15, 0.2) is 6.29 Å². The second-order valence-electron chi connectivity index (χ2n) is 13.8. The SMILES string of the molecule is C[C@@H]1O[C@@H](O[C@H]2CC[C@]3(C)[C@H]4C[C@@H](O)[C@]5(C)[C@@H](C6=CC(=O)OC6)CC[C@]5(O)[C@@H]4CC[C@]3(O)C2)[C@H](O)[C@H](O)[C@@H]1O. The zero-order valence-electron chi connectivity index (χ0n) is 23.0. The van der Waals surface area contributed by atoms with E-state index in [0.29, 0.717) is 51.4 Å². The second-order valence-corrected chi connectivity index (χ2v) is 13.8. The summed E-state index contributed by atoms with van der Waals surface area (Å²) in [6, 6.07) is 0. The van der Waals surface area contributed by atoms with Gasteiger partial charge < -0.3 is 44.8 Å². The standard InChI is InChI=1S/C29H44O10/c1-14-22(32)23(33)24(34)25(38-14)39-16-4-7-26(2)19-11-20(30)27(3)17(15-10-21(31)37-13-15)6-9-29(27,36)18(19)5-8-28(26,35)12-16/h10,14,16-20,22-25,30,32-36H,4-9,11-13H2,1-3H3/t14-,16-,17+,18+,19-,20+,22+,23+,24+,25-,26+,27-,28-,29-/m0/s1. The fraction of sp³-hybridized carbons (Fsp3) is 0.897. The van der Waals surface area contributed by atoms with Crippen LogP contribution in [0.4, 0.5) is 0 Å². The number of carbonyl (C=O) groups is 1. The third-order valence-electron chi connectivity index (χ3n) is 12.3. The minimum Gasteiger partial charge on any atom is -0.458 e. The summed E-state index contributed by atoms with van der Waals surface area (Å²) >= 11 is 0. The molecule has 5 fully saturated rings. The van der Waals surface area contributed by atoms with Crippen molar-refractivity contribution < 1.29 is 49.6 Å². The molecular formula is C29H44O10. The molecule has 4 saturated carbocycles. The maximum Gasteiger partial charge on any atom is 0.331 e. The van der Waals surface area contributed by atoms with Gasteiger partial charge in [-0.05, 0) is 80.6 Å². The predicted molar refractivity (Wildman–Crippen MR) is 136 cm³/mol. The smallest absolute Gasteiger partial charge is 0.331 e. The fourth-order valence-corrected chi connectivity index (χ4v) is 9.78. The van der Waals surface area contributed by atoms with E-state index in [2.05, 4.69) is 6.92 Å². The number of hydrogen-bond acceptors (Lipinski definition) is 10. The zero-order valence-corrected chi connectivity index (χ0v) is 23.0. The van der Waals surface area contributed by atoms with Crippen LogP contribution in [0.5, 0.6) is 0 Å². The van der Waals surface area contributed by atoms with Gasteiger partial charge in [-0.1, -0.05) is 13.8 Å². The number of aliphatic hydroxyl groups is 6. The summed E-state index contributed by atoms with van der Waals surface area (Å²) in [5.74, 6) is -0.709. The molecule has 2 heterocycles. The van der Waals surface area contributed by atoms with E-state index in [1.807, 2.05) is 6.92 Å². The number of fused-ring (bicyclic) bond motifs is 5. The Morgan fingerprint density at radius 3 is 2.38 bits per heavy atom. The number of carbonyl (C=O) groups excluding carboxylic acids is 1. The lowest BCUT2D eigenvalue weighted by atomic mass is 9.41. The Kier molecular flexibility index (Phi) is 6.61. The van der Waals surface area contributed by atoms with Crippen molar-refractivity contribution in [3.05, 3.63) is 11.6 Å². The molecule has 2 aliphatic heterocycles. The molecule has 6 N–H and O–H groups in total. The molecule has 0 aromatic heterocycles. The van der Waals surface area contributed by atoms with Gasteiger partial charge in [0.2, 0.25) is 0 Å². The summed E-state index contributed by atoms with van der Waals surface area (Å²) in [6.45, 7) is 5.86. The van der Waals surface area contributed by atoms with Gasteiger partial charge >= 0.3 is 5.97 Å². The summed E-state index contributed by atoms with van der Waals surface area (Å²) in [7, 11) is 0. The Labute approximate surface area is 229 Å². The highest BCUT2D eigenvalue weighted by Gasteiger charge is 2.72. The van der Waals surface area contributed by atoms with Crippen molar-refractivity contribution in [2.24, 2.45) is 28.6 Å². The van der Waals surface area contributed by atoms with Crippen molar-refractivity contribution >= 4 is 5.97 Å². The van der Waals surface area contributed by atoms with Crippen LogP contribution in [-0.4, -0.2) is 97.3 Å². The van der Waals surface area contributed by atoms with Crippen LogP contribution >= 0.6 is 0 Å². The summed E-state index contributed by atoms with van der Waals surface area (Å²) in [6.07, 6.45) is -1.27. The first-order valence-corrected chi connectivity index (χ1v) is 14.6. The minimum atomic E-state index is -1.40. The molecule has 0 radical (unpaired) electrons. The molecule has 1 saturated heterocycles. The van der Waals surface area contributed by atoms with Crippen molar-refractivity contribution in [1.82, 2.24) is 0 Å². The molecule has 0 unspecified atom stereocenters. The highest BCUT2D eigenvalue weighted by molar-refractivity contribution is 5.85. The van der Waals surface area contributed by atoms with Crippen LogP contribution in [0.15, 0.2) is 11.6 Å². The van der Waals surface area contributed by atoms with E-state index in [9.17, 15) is 35.4 Å². The van der Waals surface area contributed by atoms with E-state index in [-0.39, 0.29) is 30.3 Å².